The van der Waals surface area contributed by atoms with E-state index in [2.05, 4.69) is 16.8 Å². The predicted molar refractivity (Wildman–Crippen MR) is 56.9 cm³/mol. The van der Waals surface area contributed by atoms with E-state index in [0.29, 0.717) is 0 Å². The van der Waals surface area contributed by atoms with E-state index in [9.17, 15) is 0 Å². The fourth-order valence-corrected chi connectivity index (χ4v) is 6.88. The minimum atomic E-state index is -5.42. The van der Waals surface area contributed by atoms with Gasteiger partial charge < -0.3 is 55.1 Å². The molecule has 0 aromatic carbocycles. The lowest BCUT2D eigenvalue weighted by atomic mass is 11.8. The van der Waals surface area contributed by atoms with E-state index < -0.39 is 35.9 Å². The quantitative estimate of drug-likeness (QED) is 0.204. The first-order chi connectivity index (χ1) is 7.68. The summed E-state index contributed by atoms with van der Waals surface area (Å²) >= 11 is 0. The van der Waals surface area contributed by atoms with Gasteiger partial charge in [0.2, 0.25) is 0 Å². The lowest BCUT2D eigenvalue weighted by Gasteiger charge is -2.28. The SMILES string of the molecule is CO[Si](O)(O)O[Si](O)(O)O[Si](O)(O)O[Si](C)(O)O. The van der Waals surface area contributed by atoms with Crippen LogP contribution in [0.4, 0.5) is 0 Å². The Labute approximate surface area is 105 Å². The van der Waals surface area contributed by atoms with Crippen LogP contribution in [0.3, 0.4) is 0 Å². The summed E-state index contributed by atoms with van der Waals surface area (Å²) in [7, 11) is -19.3. The van der Waals surface area contributed by atoms with Gasteiger partial charge in [0.15, 0.2) is 0 Å². The van der Waals surface area contributed by atoms with Crippen LogP contribution in [-0.2, 0) is 16.8 Å². The molecule has 8 N–H and O–H groups in total. The summed E-state index contributed by atoms with van der Waals surface area (Å²) in [6.07, 6.45) is 0. The third kappa shape index (κ3) is 8.48. The molecule has 0 heterocycles. The average molecular weight is 342 g/mol. The van der Waals surface area contributed by atoms with Crippen molar-refractivity contribution in [1.82, 2.24) is 0 Å². The third-order valence-electron chi connectivity index (χ3n) is 1.12. The summed E-state index contributed by atoms with van der Waals surface area (Å²) in [6, 6.07) is 0. The number of hydrogen-bond donors (Lipinski definition) is 8. The Kier molecular flexibility index (Phi) is 5.92. The lowest BCUT2D eigenvalue weighted by molar-refractivity contribution is -0.00213. The maximum absolute atomic E-state index is 9.09. The van der Waals surface area contributed by atoms with Crippen LogP contribution in [0.15, 0.2) is 0 Å². The molecule has 0 aliphatic carbocycles. The Morgan fingerprint density at radius 1 is 0.611 bits per heavy atom. The van der Waals surface area contributed by atoms with Gasteiger partial charge in [0.25, 0.3) is 0 Å². The Balaban J connectivity index is 4.66. The monoisotopic (exact) mass is 342 g/mol. The summed E-state index contributed by atoms with van der Waals surface area (Å²) in [5.74, 6) is 0. The largest absolute Gasteiger partial charge is 0.668 e. The van der Waals surface area contributed by atoms with Crippen molar-refractivity contribution in [1.29, 1.82) is 0 Å². The molecule has 0 atom stereocenters. The zero-order valence-electron chi connectivity index (χ0n) is 9.21. The fourth-order valence-electron chi connectivity index (χ4n) is 0.682. The van der Waals surface area contributed by atoms with Gasteiger partial charge in [-0.05, 0) is 0 Å². The van der Waals surface area contributed by atoms with Crippen LogP contribution in [0.25, 0.3) is 0 Å². The van der Waals surface area contributed by atoms with Crippen LogP contribution >= 0.6 is 0 Å². The van der Waals surface area contributed by atoms with Crippen LogP contribution < -0.4 is 0 Å². The van der Waals surface area contributed by atoms with Gasteiger partial charge in [0.1, 0.15) is 0 Å². The highest BCUT2D eigenvalue weighted by Gasteiger charge is 2.59. The first-order valence-corrected chi connectivity index (χ1v) is 11.6. The lowest BCUT2D eigenvalue weighted by Crippen LogP contribution is -2.64. The van der Waals surface area contributed by atoms with E-state index in [1.54, 1.807) is 0 Å². The van der Waals surface area contributed by atoms with E-state index >= 15 is 0 Å². The molecular formula is C2H14O12Si4. The minimum absolute atomic E-state index is 0.718. The highest BCUT2D eigenvalue weighted by Crippen LogP contribution is 2.14. The van der Waals surface area contributed by atoms with Gasteiger partial charge in [-0.15, -0.1) is 0 Å². The molecule has 0 aliphatic heterocycles. The summed E-state index contributed by atoms with van der Waals surface area (Å²) in [5, 5.41) is 0. The molecular weight excluding hydrogens is 328 g/mol. The molecule has 0 fully saturated rings. The van der Waals surface area contributed by atoms with Crippen molar-refractivity contribution in [3.63, 3.8) is 0 Å². The zero-order chi connectivity index (χ0) is 14.8. The normalized spacial score (nSPS) is 15.0. The molecule has 12 nitrogen and oxygen atoms in total. The molecule has 16 heteroatoms. The van der Waals surface area contributed by atoms with Crippen LogP contribution in [0, 0.1) is 0 Å². The summed E-state index contributed by atoms with van der Waals surface area (Å²) < 4.78 is 15.6. The highest BCUT2D eigenvalue weighted by molar-refractivity contribution is 6.75. The van der Waals surface area contributed by atoms with E-state index in [0.717, 1.165) is 13.7 Å². The first kappa shape index (κ1) is 18.4. The molecule has 0 saturated carbocycles. The average Bonchev–Trinajstić information content (AvgIpc) is 1.93. The fraction of sp³-hybridized carbons (Fsp3) is 1.00. The molecule has 0 amide bonds. The Bertz CT molecular complexity index is 270. The van der Waals surface area contributed by atoms with Crippen molar-refractivity contribution >= 4 is 35.9 Å². The molecule has 0 unspecified atom stereocenters. The third-order valence-corrected chi connectivity index (χ3v) is 8.52. The summed E-state index contributed by atoms with van der Waals surface area (Å²) in [4.78, 5) is 71.8. The van der Waals surface area contributed by atoms with Crippen LogP contribution in [-0.4, -0.2) is 81.4 Å². The van der Waals surface area contributed by atoms with Crippen molar-refractivity contribution in [2.75, 3.05) is 7.11 Å². The second-order valence-electron chi connectivity index (χ2n) is 3.09. The maximum atomic E-state index is 9.09. The van der Waals surface area contributed by atoms with Gasteiger partial charge >= 0.3 is 35.9 Å². The number of hydrogen-bond acceptors (Lipinski definition) is 12. The van der Waals surface area contributed by atoms with Gasteiger partial charge in [-0.1, -0.05) is 0 Å². The molecule has 0 spiro atoms. The van der Waals surface area contributed by atoms with Crippen molar-refractivity contribution in [2.45, 2.75) is 6.55 Å². The van der Waals surface area contributed by atoms with Gasteiger partial charge in [0.05, 0.1) is 0 Å². The van der Waals surface area contributed by atoms with Gasteiger partial charge in [-0.25, -0.2) is 0 Å². The molecule has 0 aromatic heterocycles. The van der Waals surface area contributed by atoms with Gasteiger partial charge in [-0.3, -0.25) is 0 Å². The first-order valence-electron chi connectivity index (χ1n) is 4.13. The van der Waals surface area contributed by atoms with Crippen molar-refractivity contribution in [3.8, 4) is 0 Å². The van der Waals surface area contributed by atoms with Crippen molar-refractivity contribution in [3.05, 3.63) is 0 Å². The van der Waals surface area contributed by atoms with Crippen LogP contribution in [0.5, 0.6) is 0 Å². The van der Waals surface area contributed by atoms with Crippen LogP contribution in [0.1, 0.15) is 0 Å². The van der Waals surface area contributed by atoms with E-state index in [4.69, 9.17) is 38.4 Å². The number of rotatable bonds is 7. The van der Waals surface area contributed by atoms with E-state index in [1.165, 1.54) is 0 Å². The van der Waals surface area contributed by atoms with E-state index in [1.807, 2.05) is 0 Å². The molecule has 0 radical (unpaired) electrons. The highest BCUT2D eigenvalue weighted by atomic mass is 28.5. The Hall–Kier alpha value is 0.388. The van der Waals surface area contributed by atoms with E-state index in [-0.39, 0.29) is 0 Å². The molecule has 0 aromatic rings. The minimum Gasteiger partial charge on any atom is -0.390 e. The molecule has 110 valence electrons. The Morgan fingerprint density at radius 3 is 1.28 bits per heavy atom. The molecule has 0 saturated heterocycles. The predicted octanol–water partition coefficient (Wildman–Crippen LogP) is -5.50. The standard InChI is InChI=1S/C2H14O12Si4/c1-11-16(5,6)13-18(9,10)14-17(7,8)12-15(2,3)4/h3-10H,1-2H3. The van der Waals surface area contributed by atoms with Crippen molar-refractivity contribution in [2.24, 2.45) is 0 Å². The van der Waals surface area contributed by atoms with Gasteiger partial charge in [0, 0.05) is 13.7 Å². The maximum Gasteiger partial charge on any atom is 0.668 e. The Morgan fingerprint density at radius 2 is 0.944 bits per heavy atom. The molecule has 0 aliphatic rings. The molecule has 0 rings (SSSR count). The second kappa shape index (κ2) is 5.79. The second-order valence-corrected chi connectivity index (χ2v) is 11.1. The molecule has 18 heavy (non-hydrogen) atoms. The summed E-state index contributed by atoms with van der Waals surface area (Å²) in [6.45, 7) is 0.718. The summed E-state index contributed by atoms with van der Waals surface area (Å²) in [5.41, 5.74) is 0. The molecule has 0 bridgehead atoms. The van der Waals surface area contributed by atoms with Crippen molar-refractivity contribution < 1.29 is 55.1 Å². The topological polar surface area (TPSA) is 199 Å². The van der Waals surface area contributed by atoms with Crippen LogP contribution in [0.2, 0.25) is 6.55 Å². The zero-order valence-corrected chi connectivity index (χ0v) is 13.2. The van der Waals surface area contributed by atoms with Gasteiger partial charge in [-0.2, -0.15) is 0 Å². The smallest absolute Gasteiger partial charge is 0.390 e.